The Morgan fingerprint density at radius 1 is 1.08 bits per heavy atom. The zero-order valence-corrected chi connectivity index (χ0v) is 21.9. The van der Waals surface area contributed by atoms with Gasteiger partial charge in [-0.2, -0.15) is 0 Å². The molecule has 4 N–H and O–H groups in total. The van der Waals surface area contributed by atoms with Gasteiger partial charge in [0.2, 0.25) is 0 Å². The average Bonchev–Trinajstić information content (AvgIpc) is 3.67. The number of aliphatic hydroxyl groups is 2. The van der Waals surface area contributed by atoms with E-state index < -0.39 is 22.6 Å². The molecule has 1 aromatic rings. The van der Waals surface area contributed by atoms with E-state index in [2.05, 4.69) is 23.2 Å². The minimum Gasteiger partial charge on any atom is -0.508 e. The molecule has 3 saturated carbocycles. The number of imide groups is 1. The Bertz CT molecular complexity index is 1260. The summed E-state index contributed by atoms with van der Waals surface area (Å²) >= 11 is 0. The third kappa shape index (κ3) is 3.29. The van der Waals surface area contributed by atoms with Crippen LogP contribution in [0.25, 0.3) is 0 Å². The molecule has 38 heavy (non-hydrogen) atoms. The number of hydrogen-bond donors (Lipinski definition) is 4. The number of aliphatic hydroxyl groups excluding tert-OH is 1. The van der Waals surface area contributed by atoms with Gasteiger partial charge >= 0.3 is 6.03 Å². The predicted molar refractivity (Wildman–Crippen MR) is 140 cm³/mol. The van der Waals surface area contributed by atoms with Crippen molar-refractivity contribution in [1.29, 1.82) is 0 Å². The fraction of sp³-hybridized carbons (Fsp3) is 0.600. The van der Waals surface area contributed by atoms with Crippen LogP contribution in [0.15, 0.2) is 48.3 Å². The number of amides is 3. The normalized spacial score (nSPS) is 42.1. The topological polar surface area (TPSA) is 113 Å². The number of fused-ring (bicyclic) bond motifs is 1. The number of aromatic hydroxyl groups is 1. The molecule has 0 radical (unpaired) electrons. The van der Waals surface area contributed by atoms with E-state index >= 15 is 0 Å². The van der Waals surface area contributed by atoms with Gasteiger partial charge < -0.3 is 20.6 Å². The van der Waals surface area contributed by atoms with Gasteiger partial charge in [0, 0.05) is 18.0 Å². The summed E-state index contributed by atoms with van der Waals surface area (Å²) in [5.41, 5.74) is -2.24. The highest BCUT2D eigenvalue weighted by Gasteiger charge is 2.74. The van der Waals surface area contributed by atoms with Crippen LogP contribution in [0.1, 0.15) is 57.4 Å². The highest BCUT2D eigenvalue weighted by atomic mass is 16.3. The average molecular weight is 520 g/mol. The van der Waals surface area contributed by atoms with Crippen LogP contribution in [-0.4, -0.2) is 67.3 Å². The number of likely N-dealkylation sites (tertiary alicyclic amines) is 1. The molecule has 0 aromatic heterocycles. The van der Waals surface area contributed by atoms with Gasteiger partial charge in [-0.05, 0) is 98.6 Å². The van der Waals surface area contributed by atoms with Crippen LogP contribution < -0.4 is 5.32 Å². The van der Waals surface area contributed by atoms with Crippen molar-refractivity contribution in [3.8, 4) is 5.75 Å². The zero-order valence-electron chi connectivity index (χ0n) is 21.9. The molecule has 1 aromatic carbocycles. The number of piperidine rings is 1. The number of carbonyl (C=O) groups excluding carboxylic acids is 2. The summed E-state index contributed by atoms with van der Waals surface area (Å²) < 4.78 is 0. The summed E-state index contributed by atoms with van der Waals surface area (Å²) in [6.45, 7) is 4.21. The fourth-order valence-corrected chi connectivity index (χ4v) is 8.81. The first-order valence-electron chi connectivity index (χ1n) is 14.1. The first-order chi connectivity index (χ1) is 18.1. The Balaban J connectivity index is 1.26. The van der Waals surface area contributed by atoms with E-state index in [4.69, 9.17) is 0 Å². The van der Waals surface area contributed by atoms with Crippen molar-refractivity contribution in [1.82, 2.24) is 15.1 Å². The molecule has 5 fully saturated rings. The summed E-state index contributed by atoms with van der Waals surface area (Å²) in [5, 5.41) is 36.0. The van der Waals surface area contributed by atoms with Gasteiger partial charge in [0.05, 0.1) is 12.1 Å². The maximum atomic E-state index is 14.0. The molecular formula is C30H37N3O5. The SMILES string of the molecule is CC12C=CC(O)=CC1[C@]13CCN(CC4CC4)[C@H](C2)[C@]1(O)CC[C@@]1(C3)NC(=O)N(Cc2ccc(O)cc2)C1=O. The van der Waals surface area contributed by atoms with Crippen molar-refractivity contribution in [3.05, 3.63) is 53.8 Å². The minimum absolute atomic E-state index is 0.0194. The summed E-state index contributed by atoms with van der Waals surface area (Å²) in [6.07, 6.45) is 11.0. The number of nitrogens with zero attached hydrogens (tertiary/aromatic N) is 2. The zero-order chi connectivity index (χ0) is 26.5. The van der Waals surface area contributed by atoms with Gasteiger partial charge in [-0.15, -0.1) is 0 Å². The lowest BCUT2D eigenvalue weighted by atomic mass is 9.39. The van der Waals surface area contributed by atoms with Crippen molar-refractivity contribution >= 4 is 11.9 Å². The predicted octanol–water partition coefficient (Wildman–Crippen LogP) is 3.61. The monoisotopic (exact) mass is 519 g/mol. The lowest BCUT2D eigenvalue weighted by Crippen LogP contribution is -2.78. The summed E-state index contributed by atoms with van der Waals surface area (Å²) in [7, 11) is 0. The number of hydrogen-bond acceptors (Lipinski definition) is 6. The Morgan fingerprint density at radius 2 is 1.84 bits per heavy atom. The molecule has 8 nitrogen and oxygen atoms in total. The third-order valence-corrected chi connectivity index (χ3v) is 10.9. The second-order valence-electron chi connectivity index (χ2n) is 13.1. The Kier molecular flexibility index (Phi) is 5.00. The number of rotatable bonds is 4. The summed E-state index contributed by atoms with van der Waals surface area (Å²) in [6, 6.07) is 6.11. The van der Waals surface area contributed by atoms with Crippen LogP contribution in [0, 0.1) is 22.7 Å². The van der Waals surface area contributed by atoms with E-state index in [0.29, 0.717) is 31.6 Å². The van der Waals surface area contributed by atoms with Gasteiger partial charge in [0.25, 0.3) is 5.91 Å². The lowest BCUT2D eigenvalue weighted by molar-refractivity contribution is -0.262. The minimum atomic E-state index is -1.08. The molecule has 7 rings (SSSR count). The number of nitrogens with one attached hydrogen (secondary N) is 1. The van der Waals surface area contributed by atoms with Crippen molar-refractivity contribution in [3.63, 3.8) is 0 Å². The molecule has 2 bridgehead atoms. The van der Waals surface area contributed by atoms with E-state index in [1.807, 2.05) is 6.08 Å². The van der Waals surface area contributed by atoms with Gasteiger partial charge in [0.1, 0.15) is 17.0 Å². The number of carbonyl (C=O) groups is 2. The van der Waals surface area contributed by atoms with Crippen molar-refractivity contribution in [2.75, 3.05) is 13.1 Å². The van der Waals surface area contributed by atoms with Crippen LogP contribution in [0.5, 0.6) is 5.75 Å². The molecule has 202 valence electrons. The highest BCUT2D eigenvalue weighted by Crippen LogP contribution is 2.69. The second-order valence-corrected chi connectivity index (χ2v) is 13.1. The molecule has 3 amide bonds. The second kappa shape index (κ2) is 7.85. The number of benzene rings is 1. The highest BCUT2D eigenvalue weighted by molar-refractivity contribution is 6.07. The maximum absolute atomic E-state index is 14.0. The number of allylic oxidation sites excluding steroid dienone is 3. The Hall–Kier alpha value is -2.84. The molecule has 8 heteroatoms. The lowest BCUT2D eigenvalue weighted by Gasteiger charge is -2.71. The standard InChI is InChI=1S/C30H37N3O5/c1-27-9-8-22(35)14-23(27)28-12-13-32(16-19-2-3-19)24(15-27)30(28,38)11-10-29(18-28)25(36)33(26(37)31-29)17-20-4-6-21(34)7-5-20/h4-9,14,19,23-24,34-35,38H,2-3,10-13,15-18H2,1H3,(H,31,37)/t23?,24-,27?,28-,29+,30-/m1/s1. The molecule has 6 aliphatic rings. The van der Waals surface area contributed by atoms with E-state index in [1.54, 1.807) is 30.3 Å². The van der Waals surface area contributed by atoms with Crippen molar-refractivity contribution in [2.45, 2.75) is 75.6 Å². The van der Waals surface area contributed by atoms with Gasteiger partial charge in [-0.1, -0.05) is 25.1 Å². The summed E-state index contributed by atoms with van der Waals surface area (Å²) in [4.78, 5) is 31.1. The van der Waals surface area contributed by atoms with Crippen LogP contribution in [0.2, 0.25) is 0 Å². The Morgan fingerprint density at radius 3 is 2.58 bits per heavy atom. The van der Waals surface area contributed by atoms with Crippen LogP contribution >= 0.6 is 0 Å². The Labute approximate surface area is 223 Å². The van der Waals surface area contributed by atoms with Gasteiger partial charge in [-0.25, -0.2) is 4.79 Å². The molecule has 2 unspecified atom stereocenters. The molecule has 2 aliphatic heterocycles. The van der Waals surface area contributed by atoms with E-state index in [0.717, 1.165) is 25.1 Å². The number of urea groups is 1. The van der Waals surface area contributed by atoms with Crippen LogP contribution in [0.3, 0.4) is 0 Å². The first kappa shape index (κ1) is 24.2. The molecular weight excluding hydrogens is 482 g/mol. The van der Waals surface area contributed by atoms with E-state index in [-0.39, 0.29) is 41.3 Å². The van der Waals surface area contributed by atoms with Gasteiger partial charge in [-0.3, -0.25) is 14.6 Å². The van der Waals surface area contributed by atoms with E-state index in [1.165, 1.54) is 17.7 Å². The van der Waals surface area contributed by atoms with Crippen molar-refractivity contribution < 1.29 is 24.9 Å². The van der Waals surface area contributed by atoms with E-state index in [9.17, 15) is 24.9 Å². The molecule has 2 saturated heterocycles. The summed E-state index contributed by atoms with van der Waals surface area (Å²) in [5.74, 6) is 0.668. The maximum Gasteiger partial charge on any atom is 0.325 e. The molecule has 2 heterocycles. The molecule has 1 spiro atoms. The smallest absolute Gasteiger partial charge is 0.325 e. The van der Waals surface area contributed by atoms with Crippen LogP contribution in [0.4, 0.5) is 4.79 Å². The van der Waals surface area contributed by atoms with Gasteiger partial charge in [0.15, 0.2) is 0 Å². The first-order valence-corrected chi connectivity index (χ1v) is 14.1. The fourth-order valence-electron chi connectivity index (χ4n) is 8.81. The molecule has 6 atom stereocenters. The quantitative estimate of drug-likeness (QED) is 0.452. The van der Waals surface area contributed by atoms with Crippen LogP contribution in [-0.2, 0) is 11.3 Å². The number of phenolic OH excluding ortho intramolecular Hbond substituents is 1. The van der Waals surface area contributed by atoms with Crippen molar-refractivity contribution in [2.24, 2.45) is 22.7 Å². The molecule has 4 aliphatic carbocycles. The largest absolute Gasteiger partial charge is 0.508 e. The third-order valence-electron chi connectivity index (χ3n) is 10.9. The number of phenols is 1.